The van der Waals surface area contributed by atoms with Gasteiger partial charge in [-0.15, -0.1) is 0 Å². The summed E-state index contributed by atoms with van der Waals surface area (Å²) in [7, 11) is 0. The summed E-state index contributed by atoms with van der Waals surface area (Å²) in [6, 6.07) is 4.27. The van der Waals surface area contributed by atoms with Gasteiger partial charge in [0.15, 0.2) is 0 Å². The molecule has 1 heterocycles. The molecule has 1 fully saturated rings. The predicted octanol–water partition coefficient (Wildman–Crippen LogP) is 1.10. The molecule has 0 saturated carbocycles. The number of nitrogens with one attached hydrogen (secondary N) is 1. The number of carbonyl (C=O) groups excluding carboxylic acids is 2. The fourth-order valence-electron chi connectivity index (χ4n) is 2.01. The number of rotatable bonds is 1. The van der Waals surface area contributed by atoms with Crippen LogP contribution in [0, 0.1) is 12.7 Å². The van der Waals surface area contributed by atoms with Crippen LogP contribution in [0.25, 0.3) is 0 Å². The van der Waals surface area contributed by atoms with Gasteiger partial charge in [0.1, 0.15) is 5.82 Å². The van der Waals surface area contributed by atoms with Crippen LogP contribution in [0.4, 0.5) is 4.39 Å². The largest absolute Gasteiger partial charge is 0.354 e. The van der Waals surface area contributed by atoms with Crippen molar-refractivity contribution >= 4 is 11.8 Å². The summed E-state index contributed by atoms with van der Waals surface area (Å²) >= 11 is 0. The van der Waals surface area contributed by atoms with Crippen molar-refractivity contribution in [1.82, 2.24) is 10.2 Å². The van der Waals surface area contributed by atoms with E-state index in [1.54, 1.807) is 17.9 Å². The second-order valence-corrected chi connectivity index (χ2v) is 4.41. The molecule has 1 aliphatic heterocycles. The maximum atomic E-state index is 13.3. The Kier molecular flexibility index (Phi) is 3.60. The molecule has 18 heavy (non-hydrogen) atoms. The van der Waals surface area contributed by atoms with Gasteiger partial charge in [-0.2, -0.15) is 0 Å². The predicted molar refractivity (Wildman–Crippen MR) is 64.7 cm³/mol. The van der Waals surface area contributed by atoms with Crippen LogP contribution >= 0.6 is 0 Å². The molecule has 0 aliphatic carbocycles. The smallest absolute Gasteiger partial charge is 0.254 e. The highest BCUT2D eigenvalue weighted by molar-refractivity contribution is 5.95. The monoisotopic (exact) mass is 250 g/mol. The van der Waals surface area contributed by atoms with E-state index in [0.717, 1.165) is 0 Å². The zero-order chi connectivity index (χ0) is 13.1. The van der Waals surface area contributed by atoms with Gasteiger partial charge >= 0.3 is 0 Å². The molecular weight excluding hydrogens is 235 g/mol. The Morgan fingerprint density at radius 3 is 2.83 bits per heavy atom. The highest BCUT2D eigenvalue weighted by Gasteiger charge is 2.20. The molecule has 1 aliphatic rings. The molecule has 1 saturated heterocycles. The third-order valence-corrected chi connectivity index (χ3v) is 2.89. The first-order valence-corrected chi connectivity index (χ1v) is 5.89. The third kappa shape index (κ3) is 2.85. The standard InChI is InChI=1S/C13H15FN2O2/c1-9-6-10(8-11(14)7-9)13(18)16-4-2-12(17)15-3-5-16/h6-8H,2-5H2,1H3,(H,15,17). The Balaban J connectivity index is 2.17. The van der Waals surface area contributed by atoms with Crippen molar-refractivity contribution in [3.63, 3.8) is 0 Å². The Morgan fingerprint density at radius 2 is 2.11 bits per heavy atom. The van der Waals surface area contributed by atoms with Gasteiger partial charge in [-0.3, -0.25) is 9.59 Å². The summed E-state index contributed by atoms with van der Waals surface area (Å²) in [5.41, 5.74) is 1.05. The van der Waals surface area contributed by atoms with E-state index in [-0.39, 0.29) is 11.8 Å². The Morgan fingerprint density at radius 1 is 1.33 bits per heavy atom. The van der Waals surface area contributed by atoms with Gasteiger partial charge in [0.25, 0.3) is 5.91 Å². The van der Waals surface area contributed by atoms with Gasteiger partial charge in [0.2, 0.25) is 5.91 Å². The molecule has 1 aromatic rings. The Labute approximate surface area is 105 Å². The van der Waals surface area contributed by atoms with Crippen LogP contribution in [-0.2, 0) is 4.79 Å². The molecule has 0 bridgehead atoms. The van der Waals surface area contributed by atoms with Crippen LogP contribution in [0.2, 0.25) is 0 Å². The quantitative estimate of drug-likeness (QED) is 0.811. The van der Waals surface area contributed by atoms with Crippen LogP contribution in [0.5, 0.6) is 0 Å². The van der Waals surface area contributed by atoms with Crippen LogP contribution in [0.1, 0.15) is 22.3 Å². The Bertz CT molecular complexity index is 468. The van der Waals surface area contributed by atoms with E-state index < -0.39 is 5.82 Å². The van der Waals surface area contributed by atoms with Gasteiger partial charge < -0.3 is 10.2 Å². The molecule has 1 N–H and O–H groups in total. The molecule has 0 radical (unpaired) electrons. The van der Waals surface area contributed by atoms with Crippen molar-refractivity contribution in [2.75, 3.05) is 19.6 Å². The molecule has 0 aromatic heterocycles. The molecule has 0 atom stereocenters. The lowest BCUT2D eigenvalue weighted by Crippen LogP contribution is -2.34. The van der Waals surface area contributed by atoms with E-state index >= 15 is 0 Å². The van der Waals surface area contributed by atoms with Crippen molar-refractivity contribution in [2.24, 2.45) is 0 Å². The molecule has 2 amide bonds. The zero-order valence-corrected chi connectivity index (χ0v) is 10.2. The maximum absolute atomic E-state index is 13.3. The summed E-state index contributed by atoms with van der Waals surface area (Å²) < 4.78 is 13.3. The van der Waals surface area contributed by atoms with Gasteiger partial charge in [-0.05, 0) is 30.7 Å². The van der Waals surface area contributed by atoms with Gasteiger partial charge in [0, 0.05) is 31.6 Å². The number of nitrogens with zero attached hydrogens (tertiary/aromatic N) is 1. The Hall–Kier alpha value is -1.91. The minimum absolute atomic E-state index is 0.0549. The summed E-state index contributed by atoms with van der Waals surface area (Å²) in [4.78, 5) is 24.9. The van der Waals surface area contributed by atoms with E-state index in [2.05, 4.69) is 5.32 Å². The molecule has 96 valence electrons. The number of hydrogen-bond donors (Lipinski definition) is 1. The average molecular weight is 250 g/mol. The first kappa shape index (κ1) is 12.5. The topological polar surface area (TPSA) is 49.4 Å². The van der Waals surface area contributed by atoms with E-state index in [4.69, 9.17) is 0 Å². The zero-order valence-electron chi connectivity index (χ0n) is 10.2. The SMILES string of the molecule is Cc1cc(F)cc(C(=O)N2CCNC(=O)CC2)c1. The maximum Gasteiger partial charge on any atom is 0.254 e. The molecule has 5 heteroatoms. The first-order valence-electron chi connectivity index (χ1n) is 5.89. The highest BCUT2D eigenvalue weighted by atomic mass is 19.1. The lowest BCUT2D eigenvalue weighted by atomic mass is 10.1. The van der Waals surface area contributed by atoms with Crippen LogP contribution in [0.15, 0.2) is 18.2 Å². The van der Waals surface area contributed by atoms with Crippen molar-refractivity contribution < 1.29 is 14.0 Å². The van der Waals surface area contributed by atoms with Crippen molar-refractivity contribution in [3.8, 4) is 0 Å². The minimum Gasteiger partial charge on any atom is -0.354 e. The van der Waals surface area contributed by atoms with E-state index in [1.165, 1.54) is 12.1 Å². The van der Waals surface area contributed by atoms with Crippen LogP contribution < -0.4 is 5.32 Å². The van der Waals surface area contributed by atoms with Gasteiger partial charge in [-0.1, -0.05) is 0 Å². The summed E-state index contributed by atoms with van der Waals surface area (Å²) in [5.74, 6) is -0.697. The molecule has 2 rings (SSSR count). The number of carbonyl (C=O) groups is 2. The van der Waals surface area contributed by atoms with Crippen LogP contribution in [0.3, 0.4) is 0 Å². The van der Waals surface area contributed by atoms with Crippen molar-refractivity contribution in [2.45, 2.75) is 13.3 Å². The summed E-state index contributed by atoms with van der Waals surface area (Å²) in [6.07, 6.45) is 0.292. The first-order chi connectivity index (χ1) is 8.56. The van der Waals surface area contributed by atoms with E-state index in [1.807, 2.05) is 0 Å². The molecule has 4 nitrogen and oxygen atoms in total. The molecule has 0 spiro atoms. The normalized spacial score (nSPS) is 16.1. The fourth-order valence-corrected chi connectivity index (χ4v) is 2.01. The molecule has 0 unspecified atom stereocenters. The highest BCUT2D eigenvalue weighted by Crippen LogP contribution is 2.12. The number of amides is 2. The van der Waals surface area contributed by atoms with Gasteiger partial charge in [0.05, 0.1) is 0 Å². The average Bonchev–Trinajstić information content (AvgIpc) is 2.52. The van der Waals surface area contributed by atoms with Crippen molar-refractivity contribution in [1.29, 1.82) is 0 Å². The van der Waals surface area contributed by atoms with Crippen molar-refractivity contribution in [3.05, 3.63) is 35.1 Å². The van der Waals surface area contributed by atoms with E-state index in [0.29, 0.717) is 37.2 Å². The molecular formula is C13H15FN2O2. The fraction of sp³-hybridized carbons (Fsp3) is 0.385. The second kappa shape index (κ2) is 5.16. The second-order valence-electron chi connectivity index (χ2n) is 4.41. The minimum atomic E-state index is -0.414. The van der Waals surface area contributed by atoms with E-state index in [9.17, 15) is 14.0 Å². The summed E-state index contributed by atoms with van der Waals surface area (Å²) in [6.45, 7) is 3.02. The molecule has 1 aromatic carbocycles. The number of halogens is 1. The number of aryl methyl sites for hydroxylation is 1. The summed E-state index contributed by atoms with van der Waals surface area (Å²) in [5, 5.41) is 2.70. The number of benzene rings is 1. The van der Waals surface area contributed by atoms with Gasteiger partial charge in [-0.25, -0.2) is 4.39 Å². The number of hydrogen-bond acceptors (Lipinski definition) is 2. The third-order valence-electron chi connectivity index (χ3n) is 2.89. The van der Waals surface area contributed by atoms with Crippen LogP contribution in [-0.4, -0.2) is 36.3 Å². The lowest BCUT2D eigenvalue weighted by molar-refractivity contribution is -0.120. The lowest BCUT2D eigenvalue weighted by Gasteiger charge is -2.19.